The van der Waals surface area contributed by atoms with Gasteiger partial charge in [-0.05, 0) is 29.7 Å². The van der Waals surface area contributed by atoms with Crippen LogP contribution in [-0.4, -0.2) is 18.0 Å². The maximum atomic E-state index is 8.87. The van der Waals surface area contributed by atoms with Crippen molar-refractivity contribution in [3.05, 3.63) is 29.3 Å². The van der Waals surface area contributed by atoms with Crippen LogP contribution >= 0.6 is 0 Å². The van der Waals surface area contributed by atoms with Crippen molar-refractivity contribution in [2.24, 2.45) is 11.1 Å². The molecule has 80 valence electrons. The molecule has 0 heterocycles. The molecule has 0 bridgehead atoms. The molecule has 1 atom stereocenters. The lowest BCUT2D eigenvalue weighted by molar-refractivity contribution is 0.313. The first kappa shape index (κ1) is 10.0. The molecule has 0 amide bonds. The number of benzene rings is 1. The minimum Gasteiger partial charge on any atom is -0.497 e. The van der Waals surface area contributed by atoms with Crippen LogP contribution in [-0.2, 0) is 12.8 Å². The number of fused-ring (bicyclic) bond motifs is 1. The van der Waals surface area contributed by atoms with Crippen molar-refractivity contribution in [3.8, 4) is 5.75 Å². The lowest BCUT2D eigenvalue weighted by atomic mass is 9.83. The Morgan fingerprint density at radius 2 is 2.20 bits per heavy atom. The van der Waals surface area contributed by atoms with Gasteiger partial charge in [0.25, 0.3) is 0 Å². The predicted molar refractivity (Wildman–Crippen MR) is 58.8 cm³/mol. The first-order chi connectivity index (χ1) is 7.24. The zero-order valence-corrected chi connectivity index (χ0v) is 9.03. The van der Waals surface area contributed by atoms with Crippen LogP contribution < -0.4 is 4.74 Å². The van der Waals surface area contributed by atoms with Gasteiger partial charge in [-0.1, -0.05) is 18.1 Å². The molecule has 1 N–H and O–H groups in total. The highest BCUT2D eigenvalue weighted by Gasteiger charge is 2.21. The van der Waals surface area contributed by atoms with Crippen LogP contribution in [0.5, 0.6) is 5.75 Å². The average molecular weight is 205 g/mol. The summed E-state index contributed by atoms with van der Waals surface area (Å²) in [6, 6.07) is 6.10. The molecule has 1 unspecified atom stereocenters. The minimum atomic E-state index is 0.330. The molecule has 0 fully saturated rings. The standard InChI is InChI=1S/C12H15NO2/c1-8-5-9-3-4-11(15-2)6-10(9)7-12(8)13-14/h3-4,6,8,14H,5,7H2,1-2H3/b13-12-. The van der Waals surface area contributed by atoms with Crippen LogP contribution in [0.4, 0.5) is 0 Å². The van der Waals surface area contributed by atoms with Gasteiger partial charge in [-0.15, -0.1) is 0 Å². The summed E-state index contributed by atoms with van der Waals surface area (Å²) in [6.45, 7) is 2.09. The Hall–Kier alpha value is -1.51. The third-order valence-electron chi connectivity index (χ3n) is 3.01. The topological polar surface area (TPSA) is 41.8 Å². The van der Waals surface area contributed by atoms with Crippen LogP contribution in [0.3, 0.4) is 0 Å². The minimum absolute atomic E-state index is 0.330. The summed E-state index contributed by atoms with van der Waals surface area (Å²) in [5.74, 6) is 1.19. The molecule has 3 nitrogen and oxygen atoms in total. The van der Waals surface area contributed by atoms with Crippen molar-refractivity contribution < 1.29 is 9.94 Å². The van der Waals surface area contributed by atoms with Crippen molar-refractivity contribution in [2.45, 2.75) is 19.8 Å². The zero-order valence-electron chi connectivity index (χ0n) is 9.03. The van der Waals surface area contributed by atoms with Crippen molar-refractivity contribution in [1.82, 2.24) is 0 Å². The Morgan fingerprint density at radius 3 is 2.87 bits per heavy atom. The second-order valence-corrected chi connectivity index (χ2v) is 4.01. The van der Waals surface area contributed by atoms with Gasteiger partial charge >= 0.3 is 0 Å². The lowest BCUT2D eigenvalue weighted by Gasteiger charge is -2.22. The van der Waals surface area contributed by atoms with Gasteiger partial charge in [-0.3, -0.25) is 0 Å². The van der Waals surface area contributed by atoms with E-state index in [1.54, 1.807) is 7.11 Å². The van der Waals surface area contributed by atoms with E-state index in [1.807, 2.05) is 12.1 Å². The molecule has 0 saturated heterocycles. The van der Waals surface area contributed by atoms with Gasteiger partial charge in [0, 0.05) is 12.3 Å². The highest BCUT2D eigenvalue weighted by atomic mass is 16.5. The highest BCUT2D eigenvalue weighted by molar-refractivity contribution is 5.90. The summed E-state index contributed by atoms with van der Waals surface area (Å²) in [7, 11) is 1.66. The van der Waals surface area contributed by atoms with Gasteiger partial charge in [0.2, 0.25) is 0 Å². The fraction of sp³-hybridized carbons (Fsp3) is 0.417. The Labute approximate surface area is 89.4 Å². The van der Waals surface area contributed by atoms with Crippen molar-refractivity contribution in [3.63, 3.8) is 0 Å². The summed E-state index contributed by atoms with van der Waals surface area (Å²) >= 11 is 0. The summed E-state index contributed by atoms with van der Waals surface area (Å²) in [6.07, 6.45) is 1.67. The fourth-order valence-corrected chi connectivity index (χ4v) is 2.04. The largest absolute Gasteiger partial charge is 0.497 e. The van der Waals surface area contributed by atoms with Gasteiger partial charge in [0.1, 0.15) is 5.75 Å². The van der Waals surface area contributed by atoms with E-state index in [0.29, 0.717) is 5.92 Å². The third kappa shape index (κ3) is 1.82. The number of hydrogen-bond donors (Lipinski definition) is 1. The first-order valence-electron chi connectivity index (χ1n) is 5.11. The van der Waals surface area contributed by atoms with E-state index in [2.05, 4.69) is 18.1 Å². The summed E-state index contributed by atoms with van der Waals surface area (Å²) in [5, 5.41) is 12.2. The molecule has 15 heavy (non-hydrogen) atoms. The molecule has 2 rings (SSSR count). The second kappa shape index (κ2) is 3.93. The maximum Gasteiger partial charge on any atom is 0.119 e. The monoisotopic (exact) mass is 205 g/mol. The van der Waals surface area contributed by atoms with Crippen LogP contribution in [0, 0.1) is 5.92 Å². The number of oxime groups is 1. The summed E-state index contributed by atoms with van der Waals surface area (Å²) in [4.78, 5) is 0. The lowest BCUT2D eigenvalue weighted by Crippen LogP contribution is -2.23. The molecular formula is C12H15NO2. The molecule has 3 heteroatoms. The zero-order chi connectivity index (χ0) is 10.8. The van der Waals surface area contributed by atoms with Gasteiger partial charge in [0.05, 0.1) is 12.8 Å². The summed E-state index contributed by atoms with van der Waals surface area (Å²) in [5.41, 5.74) is 3.40. The van der Waals surface area contributed by atoms with Gasteiger partial charge in [0.15, 0.2) is 0 Å². The Morgan fingerprint density at radius 1 is 1.40 bits per heavy atom. The van der Waals surface area contributed by atoms with Gasteiger partial charge in [-0.25, -0.2) is 0 Å². The van der Waals surface area contributed by atoms with E-state index in [1.165, 1.54) is 11.1 Å². The predicted octanol–water partition coefficient (Wildman–Crippen LogP) is 2.26. The number of ether oxygens (including phenoxy) is 1. The maximum absolute atomic E-state index is 8.87. The van der Waals surface area contributed by atoms with E-state index >= 15 is 0 Å². The van der Waals surface area contributed by atoms with Crippen molar-refractivity contribution in [2.75, 3.05) is 7.11 Å². The summed E-state index contributed by atoms with van der Waals surface area (Å²) < 4.78 is 5.17. The van der Waals surface area contributed by atoms with E-state index in [0.717, 1.165) is 24.3 Å². The molecule has 0 aromatic heterocycles. The SMILES string of the molecule is COc1ccc2c(c1)C/C(=N/O)C(C)C2. The quantitative estimate of drug-likeness (QED) is 0.564. The number of nitrogens with zero attached hydrogens (tertiary/aromatic N) is 1. The average Bonchev–Trinajstić information content (AvgIpc) is 2.27. The molecule has 0 radical (unpaired) electrons. The molecule has 1 aliphatic rings. The number of methoxy groups -OCH3 is 1. The Kier molecular flexibility index (Phi) is 2.62. The number of hydrogen-bond acceptors (Lipinski definition) is 3. The van der Waals surface area contributed by atoms with Crippen LogP contribution in [0.1, 0.15) is 18.1 Å². The molecular weight excluding hydrogens is 190 g/mol. The smallest absolute Gasteiger partial charge is 0.119 e. The van der Waals surface area contributed by atoms with Gasteiger partial charge < -0.3 is 9.94 Å². The molecule has 1 aliphatic carbocycles. The Bertz CT molecular complexity index is 399. The third-order valence-corrected chi connectivity index (χ3v) is 3.01. The van der Waals surface area contributed by atoms with E-state index < -0.39 is 0 Å². The molecule has 0 spiro atoms. The van der Waals surface area contributed by atoms with Crippen molar-refractivity contribution in [1.29, 1.82) is 0 Å². The Balaban J connectivity index is 2.37. The number of rotatable bonds is 1. The van der Waals surface area contributed by atoms with Crippen LogP contribution in [0.25, 0.3) is 0 Å². The molecule has 1 aromatic carbocycles. The van der Waals surface area contributed by atoms with Gasteiger partial charge in [-0.2, -0.15) is 0 Å². The molecule has 1 aromatic rings. The van der Waals surface area contributed by atoms with Crippen LogP contribution in [0.15, 0.2) is 23.4 Å². The van der Waals surface area contributed by atoms with E-state index in [4.69, 9.17) is 9.94 Å². The highest BCUT2D eigenvalue weighted by Crippen LogP contribution is 2.26. The van der Waals surface area contributed by atoms with E-state index in [-0.39, 0.29) is 0 Å². The molecule has 0 aliphatic heterocycles. The normalized spacial score (nSPS) is 22.5. The molecule has 0 saturated carbocycles. The van der Waals surface area contributed by atoms with Crippen molar-refractivity contribution >= 4 is 5.71 Å². The fourth-order valence-electron chi connectivity index (χ4n) is 2.04. The van der Waals surface area contributed by atoms with Crippen LogP contribution in [0.2, 0.25) is 0 Å². The second-order valence-electron chi connectivity index (χ2n) is 4.01. The van der Waals surface area contributed by atoms with E-state index in [9.17, 15) is 0 Å². The first-order valence-corrected chi connectivity index (χ1v) is 5.11.